The molecule has 2 aromatic carbocycles. The number of nitrogens with zero attached hydrogens (tertiary/aromatic N) is 1. The van der Waals surface area contributed by atoms with Crippen LogP contribution in [0, 0.1) is 13.8 Å². The molecule has 0 spiro atoms. The van der Waals surface area contributed by atoms with Crippen LogP contribution in [0.25, 0.3) is 0 Å². The van der Waals surface area contributed by atoms with Crippen molar-refractivity contribution < 1.29 is 17.9 Å². The van der Waals surface area contributed by atoms with Gasteiger partial charge < -0.3 is 9.64 Å². The van der Waals surface area contributed by atoms with Crippen molar-refractivity contribution in [3.63, 3.8) is 0 Å². The molecule has 0 aliphatic heterocycles. The monoisotopic (exact) mass is 390 g/mol. The minimum Gasteiger partial charge on any atom is -0.493 e. The normalized spacial score (nSPS) is 11.1. The largest absolute Gasteiger partial charge is 0.493 e. The van der Waals surface area contributed by atoms with Crippen LogP contribution in [0.5, 0.6) is 5.75 Å². The summed E-state index contributed by atoms with van der Waals surface area (Å²) in [7, 11) is -1.68. The molecule has 0 aromatic heterocycles. The number of carbonyl (C=O) groups is 1. The number of rotatable bonds is 8. The van der Waals surface area contributed by atoms with Crippen molar-refractivity contribution in [3.8, 4) is 5.75 Å². The second-order valence-electron chi connectivity index (χ2n) is 6.60. The van der Waals surface area contributed by atoms with E-state index in [1.54, 1.807) is 37.1 Å². The summed E-state index contributed by atoms with van der Waals surface area (Å²) >= 11 is 0. The molecular weight excluding hydrogens is 364 g/mol. The number of para-hydroxylation sites is 1. The Balaban J connectivity index is 1.93. The molecule has 0 fully saturated rings. The fraction of sp³-hybridized carbons (Fsp3) is 0.350. The standard InChI is InChI=1S/C20H26N2O4S/c1-15-10-11-17(14-18(15)21-27(4,24)25)20(23)22(3)12-7-13-26-19-9-6-5-8-16(19)2/h5-6,8-11,14,21H,7,12-13H2,1-4H3. The van der Waals surface area contributed by atoms with Gasteiger partial charge in [-0.05, 0) is 49.6 Å². The number of sulfonamides is 1. The van der Waals surface area contributed by atoms with Crippen molar-refractivity contribution in [1.29, 1.82) is 0 Å². The Morgan fingerprint density at radius 3 is 2.48 bits per heavy atom. The number of amides is 1. The Kier molecular flexibility index (Phi) is 6.85. The summed E-state index contributed by atoms with van der Waals surface area (Å²) in [5.74, 6) is 0.684. The third kappa shape index (κ3) is 6.29. The summed E-state index contributed by atoms with van der Waals surface area (Å²) in [5.41, 5.74) is 2.69. The second-order valence-corrected chi connectivity index (χ2v) is 8.35. The van der Waals surface area contributed by atoms with Crippen molar-refractivity contribution in [2.24, 2.45) is 0 Å². The van der Waals surface area contributed by atoms with Gasteiger partial charge in [0.05, 0.1) is 18.6 Å². The molecule has 0 unspecified atom stereocenters. The van der Waals surface area contributed by atoms with Gasteiger partial charge in [0.25, 0.3) is 5.91 Å². The third-order valence-corrected chi connectivity index (χ3v) is 4.71. The quantitative estimate of drug-likeness (QED) is 0.702. The maximum absolute atomic E-state index is 12.6. The smallest absolute Gasteiger partial charge is 0.253 e. The SMILES string of the molecule is Cc1ccc(C(=O)N(C)CCCOc2ccccc2C)cc1NS(C)(=O)=O. The first-order chi connectivity index (χ1) is 12.7. The lowest BCUT2D eigenvalue weighted by Gasteiger charge is -2.18. The number of anilines is 1. The van der Waals surface area contributed by atoms with Crippen LogP contribution in [0.2, 0.25) is 0 Å². The van der Waals surface area contributed by atoms with Crippen LogP contribution in [0.3, 0.4) is 0 Å². The molecule has 0 aliphatic rings. The number of benzene rings is 2. The maximum Gasteiger partial charge on any atom is 0.253 e. The molecule has 0 bridgehead atoms. The van der Waals surface area contributed by atoms with Gasteiger partial charge in [-0.3, -0.25) is 9.52 Å². The molecule has 1 amide bonds. The summed E-state index contributed by atoms with van der Waals surface area (Å²) in [6, 6.07) is 12.8. The highest BCUT2D eigenvalue weighted by Crippen LogP contribution is 2.19. The zero-order valence-corrected chi connectivity index (χ0v) is 17.0. The third-order valence-electron chi connectivity index (χ3n) is 4.12. The molecule has 0 atom stereocenters. The van der Waals surface area contributed by atoms with Crippen molar-refractivity contribution in [2.45, 2.75) is 20.3 Å². The van der Waals surface area contributed by atoms with E-state index in [9.17, 15) is 13.2 Å². The molecule has 0 saturated heterocycles. The molecule has 27 heavy (non-hydrogen) atoms. The molecule has 146 valence electrons. The Labute approximate surface area is 161 Å². The van der Waals surface area contributed by atoms with Crippen LogP contribution >= 0.6 is 0 Å². The van der Waals surface area contributed by atoms with E-state index in [2.05, 4.69) is 4.72 Å². The predicted molar refractivity (Wildman–Crippen MR) is 108 cm³/mol. The number of hydrogen-bond acceptors (Lipinski definition) is 4. The van der Waals surface area contributed by atoms with Crippen molar-refractivity contribution in [2.75, 3.05) is 31.2 Å². The van der Waals surface area contributed by atoms with E-state index in [1.165, 1.54) is 0 Å². The topological polar surface area (TPSA) is 75.7 Å². The lowest BCUT2D eigenvalue weighted by Crippen LogP contribution is -2.28. The van der Waals surface area contributed by atoms with Gasteiger partial charge in [0.2, 0.25) is 10.0 Å². The van der Waals surface area contributed by atoms with Crippen LogP contribution in [-0.4, -0.2) is 45.7 Å². The van der Waals surface area contributed by atoms with Crippen LogP contribution < -0.4 is 9.46 Å². The predicted octanol–water partition coefficient (Wildman–Crippen LogP) is 3.22. The molecule has 7 heteroatoms. The second kappa shape index (κ2) is 8.90. The summed E-state index contributed by atoms with van der Waals surface area (Å²) in [5, 5.41) is 0. The van der Waals surface area contributed by atoms with Gasteiger partial charge in [0.1, 0.15) is 5.75 Å². The minimum absolute atomic E-state index is 0.164. The van der Waals surface area contributed by atoms with Gasteiger partial charge in [-0.1, -0.05) is 24.3 Å². The highest BCUT2D eigenvalue weighted by Gasteiger charge is 2.14. The lowest BCUT2D eigenvalue weighted by atomic mass is 10.1. The molecule has 2 rings (SSSR count). The average molecular weight is 391 g/mol. The van der Waals surface area contributed by atoms with E-state index < -0.39 is 10.0 Å². The highest BCUT2D eigenvalue weighted by atomic mass is 32.2. The first-order valence-corrected chi connectivity index (χ1v) is 10.6. The van der Waals surface area contributed by atoms with E-state index in [0.717, 1.165) is 23.1 Å². The number of hydrogen-bond donors (Lipinski definition) is 1. The molecule has 0 radical (unpaired) electrons. The number of carbonyl (C=O) groups excluding carboxylic acids is 1. The molecule has 0 aliphatic carbocycles. The van der Waals surface area contributed by atoms with Crippen LogP contribution in [0.4, 0.5) is 5.69 Å². The Hall–Kier alpha value is -2.54. The van der Waals surface area contributed by atoms with Crippen LogP contribution in [0.15, 0.2) is 42.5 Å². The van der Waals surface area contributed by atoms with Gasteiger partial charge in [0.15, 0.2) is 0 Å². The fourth-order valence-corrected chi connectivity index (χ4v) is 3.21. The first kappa shape index (κ1) is 20.8. The Morgan fingerprint density at radius 2 is 1.81 bits per heavy atom. The van der Waals surface area contributed by atoms with Gasteiger partial charge >= 0.3 is 0 Å². The molecule has 0 saturated carbocycles. The molecule has 1 N–H and O–H groups in total. The van der Waals surface area contributed by atoms with E-state index in [4.69, 9.17) is 4.74 Å². The summed E-state index contributed by atoms with van der Waals surface area (Å²) in [6.45, 7) is 4.82. The highest BCUT2D eigenvalue weighted by molar-refractivity contribution is 7.92. The van der Waals surface area contributed by atoms with Crippen LogP contribution in [-0.2, 0) is 10.0 Å². The van der Waals surface area contributed by atoms with Gasteiger partial charge in [-0.2, -0.15) is 0 Å². The van der Waals surface area contributed by atoms with E-state index in [-0.39, 0.29) is 5.91 Å². The van der Waals surface area contributed by atoms with Gasteiger partial charge in [-0.25, -0.2) is 8.42 Å². The maximum atomic E-state index is 12.6. The van der Waals surface area contributed by atoms with Crippen molar-refractivity contribution in [3.05, 3.63) is 59.2 Å². The minimum atomic E-state index is -3.40. The molecular formula is C20H26N2O4S. The fourth-order valence-electron chi connectivity index (χ4n) is 2.59. The van der Waals surface area contributed by atoms with Gasteiger partial charge in [0, 0.05) is 19.2 Å². The summed E-state index contributed by atoms with van der Waals surface area (Å²) in [4.78, 5) is 14.2. The zero-order chi connectivity index (χ0) is 20.0. The first-order valence-electron chi connectivity index (χ1n) is 8.70. The van der Waals surface area contributed by atoms with Crippen LogP contribution in [0.1, 0.15) is 27.9 Å². The summed E-state index contributed by atoms with van der Waals surface area (Å²) < 4.78 is 31.1. The number of ether oxygens (including phenoxy) is 1. The van der Waals surface area contributed by atoms with E-state index >= 15 is 0 Å². The Bertz CT molecular complexity index is 910. The average Bonchev–Trinajstić information content (AvgIpc) is 2.60. The zero-order valence-electron chi connectivity index (χ0n) is 16.2. The van der Waals surface area contributed by atoms with Gasteiger partial charge in [-0.15, -0.1) is 0 Å². The number of nitrogens with one attached hydrogen (secondary N) is 1. The Morgan fingerprint density at radius 1 is 1.11 bits per heavy atom. The van der Waals surface area contributed by atoms with E-state index in [0.29, 0.717) is 30.8 Å². The van der Waals surface area contributed by atoms with E-state index in [1.807, 2.05) is 31.2 Å². The summed E-state index contributed by atoms with van der Waals surface area (Å²) in [6.07, 6.45) is 1.78. The molecule has 0 heterocycles. The lowest BCUT2D eigenvalue weighted by molar-refractivity contribution is 0.0788. The molecule has 6 nitrogen and oxygen atoms in total. The van der Waals surface area contributed by atoms with Crippen molar-refractivity contribution in [1.82, 2.24) is 4.90 Å². The number of aryl methyl sites for hydroxylation is 2. The molecule has 2 aromatic rings. The van der Waals surface area contributed by atoms with Crippen molar-refractivity contribution >= 4 is 21.6 Å².